The quantitative estimate of drug-likeness (QED) is 0.417. The second-order valence-electron chi connectivity index (χ2n) is 2.24. The van der Waals surface area contributed by atoms with E-state index >= 15 is 0 Å². The maximum absolute atomic E-state index is 8.47. The molecule has 0 bridgehead atoms. The Hall–Kier alpha value is -1.32. The van der Waals surface area contributed by atoms with Gasteiger partial charge in [-0.3, -0.25) is 0 Å². The molecule has 1 aliphatic rings. The van der Waals surface area contributed by atoms with E-state index in [1.165, 1.54) is 0 Å². The molecule has 0 aliphatic carbocycles. The molecule has 0 saturated heterocycles. The van der Waals surface area contributed by atoms with Crippen LogP contribution in [0.15, 0.2) is 17.5 Å². The molecule has 4 heteroatoms. The van der Waals surface area contributed by atoms with Crippen LogP contribution in [0.3, 0.4) is 0 Å². The molecule has 10 heavy (non-hydrogen) atoms. The Morgan fingerprint density at radius 1 is 1.70 bits per heavy atom. The molecule has 52 valence electrons. The van der Waals surface area contributed by atoms with Gasteiger partial charge in [0.1, 0.15) is 5.71 Å². The fourth-order valence-corrected chi connectivity index (χ4v) is 1.18. The highest BCUT2D eigenvalue weighted by Crippen LogP contribution is 2.11. The van der Waals surface area contributed by atoms with Gasteiger partial charge in [0.15, 0.2) is 5.82 Å². The normalized spacial score (nSPS) is 19.8. The molecule has 1 aromatic rings. The Bertz CT molecular complexity index is 276. The number of aromatic nitrogens is 2. The maximum Gasteiger partial charge on any atom is 0.157 e. The lowest BCUT2D eigenvalue weighted by Gasteiger charge is -1.88. The van der Waals surface area contributed by atoms with E-state index in [1.54, 1.807) is 6.20 Å². The van der Waals surface area contributed by atoms with Gasteiger partial charge >= 0.3 is 0 Å². The maximum atomic E-state index is 8.47. The van der Waals surface area contributed by atoms with Crippen LogP contribution in [0.4, 0.5) is 0 Å². The summed E-state index contributed by atoms with van der Waals surface area (Å²) < 4.78 is 1.97. The van der Waals surface area contributed by atoms with Crippen molar-refractivity contribution in [3.8, 4) is 0 Å². The average molecular weight is 137 g/mol. The van der Waals surface area contributed by atoms with E-state index in [2.05, 4.69) is 10.1 Å². The Morgan fingerprint density at radius 3 is 3.40 bits per heavy atom. The third kappa shape index (κ3) is 0.556. The standard InChI is InChI=1S/C6H7N3O/c10-8-5-1-3-9-4-2-7-6(5)9/h2,4,10H,1,3H2/b8-5-. The lowest BCUT2D eigenvalue weighted by molar-refractivity contribution is 0.318. The minimum Gasteiger partial charge on any atom is -0.411 e. The Balaban J connectivity index is 2.53. The monoisotopic (exact) mass is 137 g/mol. The number of hydrogen-bond acceptors (Lipinski definition) is 3. The zero-order chi connectivity index (χ0) is 6.97. The van der Waals surface area contributed by atoms with Crippen LogP contribution >= 0.6 is 0 Å². The molecule has 4 nitrogen and oxygen atoms in total. The molecular weight excluding hydrogens is 130 g/mol. The van der Waals surface area contributed by atoms with Crippen LogP contribution in [-0.2, 0) is 6.54 Å². The first-order chi connectivity index (χ1) is 4.92. The Morgan fingerprint density at radius 2 is 2.60 bits per heavy atom. The summed E-state index contributed by atoms with van der Waals surface area (Å²) in [6, 6.07) is 0. The highest BCUT2D eigenvalue weighted by Gasteiger charge is 2.17. The number of oxime groups is 1. The van der Waals surface area contributed by atoms with Gasteiger partial charge in [-0.15, -0.1) is 0 Å². The van der Waals surface area contributed by atoms with E-state index in [1.807, 2.05) is 10.8 Å². The Labute approximate surface area is 57.8 Å². The van der Waals surface area contributed by atoms with Crippen molar-refractivity contribution in [2.75, 3.05) is 0 Å². The van der Waals surface area contributed by atoms with Gasteiger partial charge in [0.05, 0.1) is 0 Å². The van der Waals surface area contributed by atoms with E-state index in [4.69, 9.17) is 5.21 Å². The molecule has 0 fully saturated rings. The molecule has 2 heterocycles. The molecule has 0 radical (unpaired) electrons. The van der Waals surface area contributed by atoms with Crippen molar-refractivity contribution in [1.82, 2.24) is 9.55 Å². The molecule has 0 unspecified atom stereocenters. The van der Waals surface area contributed by atoms with Crippen molar-refractivity contribution in [2.24, 2.45) is 5.16 Å². The third-order valence-electron chi connectivity index (χ3n) is 1.68. The van der Waals surface area contributed by atoms with Gasteiger partial charge in [-0.05, 0) is 0 Å². The first-order valence-corrected chi connectivity index (χ1v) is 3.14. The molecule has 2 rings (SSSR count). The first-order valence-electron chi connectivity index (χ1n) is 3.14. The predicted octanol–water partition coefficient (Wildman–Crippen LogP) is 0.465. The van der Waals surface area contributed by atoms with E-state index in [0.717, 1.165) is 18.8 Å². The molecule has 0 aromatic carbocycles. The average Bonchev–Trinajstić information content (AvgIpc) is 2.44. The van der Waals surface area contributed by atoms with Gasteiger partial charge in [-0.2, -0.15) is 0 Å². The summed E-state index contributed by atoms with van der Waals surface area (Å²) in [5.41, 5.74) is 0.685. The number of imidazole rings is 1. The SMILES string of the molecule is O/N=C1/CCn2ccnc21. The van der Waals surface area contributed by atoms with Crippen LogP contribution in [0.5, 0.6) is 0 Å². The number of hydrogen-bond donors (Lipinski definition) is 1. The second-order valence-corrected chi connectivity index (χ2v) is 2.24. The van der Waals surface area contributed by atoms with Gasteiger partial charge in [-0.1, -0.05) is 5.16 Å². The van der Waals surface area contributed by atoms with Crippen LogP contribution in [-0.4, -0.2) is 20.5 Å². The summed E-state index contributed by atoms with van der Waals surface area (Å²) in [4.78, 5) is 4.02. The van der Waals surface area contributed by atoms with E-state index in [0.29, 0.717) is 5.71 Å². The van der Waals surface area contributed by atoms with E-state index in [9.17, 15) is 0 Å². The fraction of sp³-hybridized carbons (Fsp3) is 0.333. The Kier molecular flexibility index (Phi) is 1.00. The zero-order valence-electron chi connectivity index (χ0n) is 5.36. The summed E-state index contributed by atoms with van der Waals surface area (Å²) in [7, 11) is 0. The summed E-state index contributed by atoms with van der Waals surface area (Å²) in [6.45, 7) is 0.884. The van der Waals surface area contributed by atoms with Gasteiger partial charge < -0.3 is 9.77 Å². The van der Waals surface area contributed by atoms with Crippen molar-refractivity contribution in [2.45, 2.75) is 13.0 Å². The minimum atomic E-state index is 0.685. The lowest BCUT2D eigenvalue weighted by atomic mass is 10.3. The van der Waals surface area contributed by atoms with Gasteiger partial charge in [0.25, 0.3) is 0 Å². The molecule has 0 atom stereocenters. The highest BCUT2D eigenvalue weighted by molar-refractivity contribution is 5.98. The predicted molar refractivity (Wildman–Crippen MR) is 35.2 cm³/mol. The van der Waals surface area contributed by atoms with Crippen LogP contribution in [0.2, 0.25) is 0 Å². The molecular formula is C6H7N3O. The van der Waals surface area contributed by atoms with E-state index in [-0.39, 0.29) is 0 Å². The van der Waals surface area contributed by atoms with Crippen LogP contribution in [0, 0.1) is 0 Å². The van der Waals surface area contributed by atoms with Crippen molar-refractivity contribution in [3.63, 3.8) is 0 Å². The van der Waals surface area contributed by atoms with Crippen molar-refractivity contribution >= 4 is 5.71 Å². The number of aryl methyl sites for hydroxylation is 1. The van der Waals surface area contributed by atoms with Crippen LogP contribution in [0.25, 0.3) is 0 Å². The number of fused-ring (bicyclic) bond motifs is 1. The second kappa shape index (κ2) is 1.83. The van der Waals surface area contributed by atoms with Gasteiger partial charge in [0, 0.05) is 25.4 Å². The largest absolute Gasteiger partial charge is 0.411 e. The molecule has 0 amide bonds. The summed E-state index contributed by atoms with van der Waals surface area (Å²) in [6.07, 6.45) is 4.38. The van der Waals surface area contributed by atoms with Crippen LogP contribution in [0.1, 0.15) is 12.2 Å². The summed E-state index contributed by atoms with van der Waals surface area (Å²) in [5, 5.41) is 11.6. The molecule has 1 aromatic heterocycles. The van der Waals surface area contributed by atoms with Gasteiger partial charge in [-0.25, -0.2) is 4.98 Å². The van der Waals surface area contributed by atoms with E-state index < -0.39 is 0 Å². The summed E-state index contributed by atoms with van der Waals surface area (Å²) >= 11 is 0. The highest BCUT2D eigenvalue weighted by atomic mass is 16.4. The fourth-order valence-electron chi connectivity index (χ4n) is 1.18. The molecule has 0 saturated carbocycles. The lowest BCUT2D eigenvalue weighted by Crippen LogP contribution is -1.96. The molecule has 0 spiro atoms. The summed E-state index contributed by atoms with van der Waals surface area (Å²) in [5.74, 6) is 0.794. The zero-order valence-corrected chi connectivity index (χ0v) is 5.36. The third-order valence-corrected chi connectivity index (χ3v) is 1.68. The molecule has 1 aliphatic heterocycles. The smallest absolute Gasteiger partial charge is 0.157 e. The topological polar surface area (TPSA) is 50.4 Å². The molecule has 1 N–H and O–H groups in total. The van der Waals surface area contributed by atoms with Gasteiger partial charge in [0.2, 0.25) is 0 Å². The van der Waals surface area contributed by atoms with Crippen molar-refractivity contribution in [3.05, 3.63) is 18.2 Å². The first kappa shape index (κ1) is 5.46. The van der Waals surface area contributed by atoms with Crippen molar-refractivity contribution < 1.29 is 5.21 Å². The number of rotatable bonds is 0. The minimum absolute atomic E-state index is 0.685. The number of nitrogens with zero attached hydrogens (tertiary/aromatic N) is 3. The van der Waals surface area contributed by atoms with Crippen LogP contribution < -0.4 is 0 Å². The van der Waals surface area contributed by atoms with Crippen molar-refractivity contribution in [1.29, 1.82) is 0 Å².